The largest absolute Gasteiger partial charge is 0.389 e. The molecule has 2 unspecified atom stereocenters. The van der Waals surface area contributed by atoms with Crippen LogP contribution in [-0.4, -0.2) is 91.3 Å². The van der Waals surface area contributed by atoms with Crippen molar-refractivity contribution in [3.8, 4) is 22.8 Å². The quantitative estimate of drug-likeness (QED) is 0.350. The number of aliphatic hydroxyl groups excluding tert-OH is 1. The molecule has 0 radical (unpaired) electrons. The fourth-order valence-corrected chi connectivity index (χ4v) is 3.84. The van der Waals surface area contributed by atoms with Gasteiger partial charge in [-0.15, -0.1) is 0 Å². The number of β-amino-alcohol motifs (C(OH)–C–C–N with tert-alkyl or cyclic N) is 1. The summed E-state index contributed by atoms with van der Waals surface area (Å²) in [5, 5.41) is 27.7. The van der Waals surface area contributed by atoms with Crippen LogP contribution in [-0.2, 0) is 9.53 Å². The van der Waals surface area contributed by atoms with Crippen LogP contribution in [0.2, 0.25) is 0 Å². The molecule has 3 aromatic rings. The van der Waals surface area contributed by atoms with Crippen LogP contribution in [0.1, 0.15) is 20.3 Å². The lowest BCUT2D eigenvalue weighted by atomic mass is 10.1. The molecule has 2 aliphatic rings. The normalized spacial score (nSPS) is 19.3. The Bertz CT molecular complexity index is 1250. The van der Waals surface area contributed by atoms with Crippen LogP contribution in [0.4, 0.5) is 5.95 Å². The van der Waals surface area contributed by atoms with Gasteiger partial charge in [-0.1, -0.05) is 11.2 Å². The number of rotatable bonds is 7. The number of hydrogen-bond acceptors (Lipinski definition) is 12. The third-order valence-corrected chi connectivity index (χ3v) is 5.68. The number of amides is 1. The van der Waals surface area contributed by atoms with Crippen molar-refractivity contribution in [1.29, 1.82) is 0 Å². The number of carbonyl (C=O) groups is 1. The van der Waals surface area contributed by atoms with E-state index in [0.29, 0.717) is 48.2 Å². The number of carbonyl (C=O) groups excluding carboxylic acids is 1. The van der Waals surface area contributed by atoms with Gasteiger partial charge in [0, 0.05) is 39.2 Å². The van der Waals surface area contributed by atoms with Gasteiger partial charge in [0.05, 0.1) is 34.9 Å². The van der Waals surface area contributed by atoms with E-state index < -0.39 is 17.9 Å². The SMILES string of the molecule is CN1CCC(O)C1=O.COC1NN(CC(C)(C)O)C=C1Nc1nccc(-c2cccc(-c3ccon3)n2)n1. The molecular formula is C25H32N8O5. The zero-order valence-electron chi connectivity index (χ0n) is 21.7. The van der Waals surface area contributed by atoms with Gasteiger partial charge in [-0.25, -0.2) is 20.4 Å². The molecule has 5 heterocycles. The third-order valence-electron chi connectivity index (χ3n) is 5.68. The number of ether oxygens (including phenoxy) is 1. The summed E-state index contributed by atoms with van der Waals surface area (Å²) in [6.07, 6.45) is 4.45. The second-order valence-corrected chi connectivity index (χ2v) is 9.52. The standard InChI is InChI=1S/C20H23N7O3.C5H9NO2/c1-20(2,28)12-27-11-17(18(25-27)29-3)24-19-21-9-7-15(23-19)13-5-4-6-14(22-13)16-8-10-30-26-16;1-6-3-2-4(7)5(6)8/h4-11,18,25,28H,12H2,1-3H3,(H,21,23,24);4,7H,2-3H2,1H3. The lowest BCUT2D eigenvalue weighted by Gasteiger charge is -2.26. The number of nitrogens with one attached hydrogen (secondary N) is 2. The average Bonchev–Trinajstić information content (AvgIpc) is 3.62. The minimum absolute atomic E-state index is 0.148. The van der Waals surface area contributed by atoms with Gasteiger partial charge in [0.25, 0.3) is 5.91 Å². The van der Waals surface area contributed by atoms with E-state index in [-0.39, 0.29) is 5.91 Å². The molecule has 13 heteroatoms. The number of nitrogens with zero attached hydrogens (tertiary/aromatic N) is 6. The fourth-order valence-electron chi connectivity index (χ4n) is 3.84. The zero-order chi connectivity index (χ0) is 27.3. The Kier molecular flexibility index (Phi) is 8.32. The summed E-state index contributed by atoms with van der Waals surface area (Å²) in [7, 11) is 3.29. The van der Waals surface area contributed by atoms with E-state index in [2.05, 4.69) is 30.9 Å². The van der Waals surface area contributed by atoms with Gasteiger partial charge in [-0.3, -0.25) is 4.79 Å². The van der Waals surface area contributed by atoms with Gasteiger partial charge >= 0.3 is 0 Å². The zero-order valence-corrected chi connectivity index (χ0v) is 21.7. The Morgan fingerprint density at radius 1 is 1.18 bits per heavy atom. The predicted molar refractivity (Wildman–Crippen MR) is 138 cm³/mol. The summed E-state index contributed by atoms with van der Waals surface area (Å²) in [5.74, 6) is 0.256. The van der Waals surface area contributed by atoms with Crippen LogP contribution in [0.3, 0.4) is 0 Å². The van der Waals surface area contributed by atoms with Gasteiger partial charge in [-0.05, 0) is 38.5 Å². The van der Waals surface area contributed by atoms with Crippen molar-refractivity contribution in [3.05, 3.63) is 54.7 Å². The number of pyridine rings is 1. The second kappa shape index (κ2) is 11.6. The molecule has 2 atom stereocenters. The molecular weight excluding hydrogens is 492 g/mol. The minimum Gasteiger partial charge on any atom is -0.389 e. The first-order chi connectivity index (χ1) is 18.1. The van der Waals surface area contributed by atoms with E-state index in [1.807, 2.05) is 24.4 Å². The molecule has 202 valence electrons. The highest BCUT2D eigenvalue weighted by atomic mass is 16.5. The van der Waals surface area contributed by atoms with E-state index in [1.54, 1.807) is 51.3 Å². The maximum absolute atomic E-state index is 10.6. The summed E-state index contributed by atoms with van der Waals surface area (Å²) in [6, 6.07) is 9.16. The second-order valence-electron chi connectivity index (χ2n) is 9.52. The van der Waals surface area contributed by atoms with Gasteiger partial charge in [0.15, 0.2) is 6.23 Å². The first kappa shape index (κ1) is 27.1. The van der Waals surface area contributed by atoms with E-state index in [0.717, 1.165) is 5.70 Å². The first-order valence-corrected chi connectivity index (χ1v) is 12.0. The van der Waals surface area contributed by atoms with Crippen molar-refractivity contribution in [2.75, 3.05) is 32.6 Å². The summed E-state index contributed by atoms with van der Waals surface area (Å²) in [4.78, 5) is 25.6. The Balaban J connectivity index is 0.000000360. The summed E-state index contributed by atoms with van der Waals surface area (Å²) >= 11 is 0. The summed E-state index contributed by atoms with van der Waals surface area (Å²) < 4.78 is 10.4. The molecule has 2 aliphatic heterocycles. The molecule has 0 bridgehead atoms. The Hall–Kier alpha value is -3.91. The van der Waals surface area contributed by atoms with Crippen LogP contribution < -0.4 is 10.7 Å². The molecule has 0 aromatic carbocycles. The molecule has 1 amide bonds. The maximum atomic E-state index is 10.6. The van der Waals surface area contributed by atoms with Crippen LogP contribution in [0.5, 0.6) is 0 Å². The summed E-state index contributed by atoms with van der Waals surface area (Å²) in [5.41, 5.74) is 5.70. The van der Waals surface area contributed by atoms with Crippen molar-refractivity contribution < 1.29 is 24.3 Å². The van der Waals surface area contributed by atoms with E-state index in [4.69, 9.17) is 14.4 Å². The van der Waals surface area contributed by atoms with Crippen molar-refractivity contribution in [3.63, 3.8) is 0 Å². The Labute approximate surface area is 220 Å². The number of likely N-dealkylation sites (N-methyl/N-ethyl adjacent to an activating group) is 1. The number of anilines is 1. The number of hydrazine groups is 1. The fraction of sp³-hybridized carbons (Fsp3) is 0.400. The van der Waals surface area contributed by atoms with Gasteiger partial charge in [0.2, 0.25) is 5.95 Å². The van der Waals surface area contributed by atoms with Gasteiger partial charge in [0.1, 0.15) is 18.1 Å². The topological polar surface area (TPSA) is 162 Å². The maximum Gasteiger partial charge on any atom is 0.251 e. The van der Waals surface area contributed by atoms with E-state index in [9.17, 15) is 9.90 Å². The molecule has 3 aromatic heterocycles. The van der Waals surface area contributed by atoms with E-state index in [1.165, 1.54) is 11.2 Å². The van der Waals surface area contributed by atoms with Crippen LogP contribution in [0.25, 0.3) is 22.8 Å². The number of hydrogen-bond donors (Lipinski definition) is 4. The molecule has 5 rings (SSSR count). The lowest BCUT2D eigenvalue weighted by molar-refractivity contribution is -0.133. The third kappa shape index (κ3) is 6.89. The van der Waals surface area contributed by atoms with Crippen molar-refractivity contribution in [1.82, 2.24) is 35.4 Å². The highest BCUT2D eigenvalue weighted by Crippen LogP contribution is 2.22. The minimum atomic E-state index is -0.867. The first-order valence-electron chi connectivity index (χ1n) is 12.0. The molecule has 4 N–H and O–H groups in total. The number of methoxy groups -OCH3 is 1. The molecule has 1 saturated heterocycles. The Morgan fingerprint density at radius 2 is 1.92 bits per heavy atom. The van der Waals surface area contributed by atoms with Crippen molar-refractivity contribution in [2.24, 2.45) is 0 Å². The molecule has 0 spiro atoms. The van der Waals surface area contributed by atoms with E-state index >= 15 is 0 Å². The number of likely N-dealkylation sites (tertiary alicyclic amines) is 1. The van der Waals surface area contributed by atoms with Crippen LogP contribution in [0.15, 0.2) is 59.2 Å². The number of aliphatic hydroxyl groups is 2. The number of aromatic nitrogens is 4. The Morgan fingerprint density at radius 3 is 2.50 bits per heavy atom. The van der Waals surface area contributed by atoms with Crippen molar-refractivity contribution >= 4 is 11.9 Å². The molecule has 0 saturated carbocycles. The monoisotopic (exact) mass is 524 g/mol. The highest BCUT2D eigenvalue weighted by molar-refractivity contribution is 5.82. The molecule has 38 heavy (non-hydrogen) atoms. The van der Waals surface area contributed by atoms with Crippen LogP contribution >= 0.6 is 0 Å². The van der Waals surface area contributed by atoms with Gasteiger partial charge < -0.3 is 34.7 Å². The van der Waals surface area contributed by atoms with Crippen molar-refractivity contribution in [2.45, 2.75) is 38.2 Å². The lowest BCUT2D eigenvalue weighted by Crippen LogP contribution is -2.44. The molecule has 1 fully saturated rings. The summed E-state index contributed by atoms with van der Waals surface area (Å²) in [6.45, 7) is 4.56. The molecule has 0 aliphatic carbocycles. The smallest absolute Gasteiger partial charge is 0.251 e. The molecule has 13 nitrogen and oxygen atoms in total. The van der Waals surface area contributed by atoms with Crippen LogP contribution in [0, 0.1) is 0 Å². The highest BCUT2D eigenvalue weighted by Gasteiger charge is 2.28. The average molecular weight is 525 g/mol. The predicted octanol–water partition coefficient (Wildman–Crippen LogP) is 1.22. The van der Waals surface area contributed by atoms with Gasteiger partial charge in [-0.2, -0.15) is 0 Å².